The van der Waals surface area contributed by atoms with Crippen LogP contribution in [0.1, 0.15) is 89.8 Å². The molecule has 2 aromatic rings. The Morgan fingerprint density at radius 3 is 2.33 bits per heavy atom. The Morgan fingerprint density at radius 2 is 1.64 bits per heavy atom. The fourth-order valence-electron chi connectivity index (χ4n) is 5.22. The topological polar surface area (TPSA) is 77.4 Å². The quantitative estimate of drug-likeness (QED) is 0.641. The Balaban J connectivity index is 1.64. The fourth-order valence-corrected chi connectivity index (χ4v) is 5.22. The molecule has 0 unspecified atom stereocenters. The molecular weight excluding hydrogens is 416 g/mol. The van der Waals surface area contributed by atoms with Gasteiger partial charge in [-0.05, 0) is 80.3 Å². The summed E-state index contributed by atoms with van der Waals surface area (Å²) >= 11 is 0. The van der Waals surface area contributed by atoms with Crippen LogP contribution in [0.25, 0.3) is 0 Å². The lowest BCUT2D eigenvalue weighted by molar-refractivity contribution is 0.0600. The van der Waals surface area contributed by atoms with Crippen molar-refractivity contribution in [1.29, 1.82) is 0 Å². The second-order valence-electron chi connectivity index (χ2n) is 9.39. The van der Waals surface area contributed by atoms with E-state index < -0.39 is 11.9 Å². The van der Waals surface area contributed by atoms with E-state index in [1.165, 1.54) is 39.2 Å². The normalized spacial score (nSPS) is 16.9. The van der Waals surface area contributed by atoms with Gasteiger partial charge in [0.05, 0.1) is 12.7 Å². The number of carbonyl (C=O) groups is 2. The molecule has 2 aliphatic rings. The van der Waals surface area contributed by atoms with Crippen LogP contribution in [0.2, 0.25) is 0 Å². The van der Waals surface area contributed by atoms with Gasteiger partial charge in [-0.25, -0.2) is 4.79 Å². The molecule has 1 N–H and O–H groups in total. The number of benzene rings is 1. The monoisotopic (exact) mass is 450 g/mol. The maximum Gasteiger partial charge on any atom is 0.337 e. The van der Waals surface area contributed by atoms with Gasteiger partial charge in [0.25, 0.3) is 11.5 Å². The minimum absolute atomic E-state index is 0.177. The summed E-state index contributed by atoms with van der Waals surface area (Å²) in [6.07, 6.45) is 12.4. The van der Waals surface area contributed by atoms with Crippen molar-refractivity contribution in [2.45, 2.75) is 77.2 Å². The van der Waals surface area contributed by atoms with Gasteiger partial charge < -0.3 is 14.6 Å². The van der Waals surface area contributed by atoms with Crippen molar-refractivity contribution in [3.05, 3.63) is 63.1 Å². The minimum Gasteiger partial charge on any atom is -0.465 e. The number of fused-ring (bicyclic) bond motifs is 1. The van der Waals surface area contributed by atoms with Crippen LogP contribution in [-0.4, -0.2) is 23.6 Å². The van der Waals surface area contributed by atoms with Gasteiger partial charge >= 0.3 is 5.97 Å². The van der Waals surface area contributed by atoms with Crippen LogP contribution in [0.3, 0.4) is 0 Å². The van der Waals surface area contributed by atoms with E-state index in [0.29, 0.717) is 17.2 Å². The molecule has 1 aromatic heterocycles. The average molecular weight is 451 g/mol. The average Bonchev–Trinajstić information content (AvgIpc) is 2.82. The summed E-state index contributed by atoms with van der Waals surface area (Å²) in [6.45, 7) is 0.718. The number of methoxy groups -OCH3 is 1. The molecule has 1 aromatic carbocycles. The van der Waals surface area contributed by atoms with Crippen molar-refractivity contribution in [3.63, 3.8) is 0 Å². The zero-order valence-corrected chi connectivity index (χ0v) is 19.5. The molecule has 1 fully saturated rings. The molecule has 33 heavy (non-hydrogen) atoms. The van der Waals surface area contributed by atoms with E-state index >= 15 is 0 Å². The lowest BCUT2D eigenvalue weighted by Gasteiger charge is -2.26. The lowest BCUT2D eigenvalue weighted by atomic mass is 9.88. The van der Waals surface area contributed by atoms with Gasteiger partial charge in [-0.1, -0.05) is 32.1 Å². The Bertz CT molecular complexity index is 1050. The second kappa shape index (κ2) is 10.8. The number of pyridine rings is 1. The number of ether oxygens (including phenoxy) is 1. The summed E-state index contributed by atoms with van der Waals surface area (Å²) in [5.74, 6) is -0.316. The van der Waals surface area contributed by atoms with E-state index in [1.807, 2.05) is 10.6 Å². The summed E-state index contributed by atoms with van der Waals surface area (Å²) in [7, 11) is 1.33. The molecule has 6 heteroatoms. The predicted octanol–water partition coefficient (Wildman–Crippen LogP) is 5.13. The molecule has 0 saturated heterocycles. The zero-order valence-electron chi connectivity index (χ0n) is 19.5. The summed E-state index contributed by atoms with van der Waals surface area (Å²) < 4.78 is 6.66. The molecule has 176 valence electrons. The number of amides is 1. The standard InChI is InChI=1S/C27H34N2O4/c1-33-27(32)20-13-15-22(16-14-20)28-25(30)23-17-21-11-7-2-3-8-12-24(21)29(26(23)31)18-19-9-5-4-6-10-19/h13-17,19H,2-12,18H2,1H3,(H,28,30). The van der Waals surface area contributed by atoms with Crippen LogP contribution >= 0.6 is 0 Å². The molecule has 0 aliphatic heterocycles. The van der Waals surface area contributed by atoms with Crippen molar-refractivity contribution in [3.8, 4) is 0 Å². The van der Waals surface area contributed by atoms with Crippen LogP contribution in [0, 0.1) is 5.92 Å². The maximum absolute atomic E-state index is 13.6. The Kier molecular flexibility index (Phi) is 7.63. The van der Waals surface area contributed by atoms with Gasteiger partial charge in [-0.15, -0.1) is 0 Å². The molecule has 1 saturated carbocycles. The SMILES string of the molecule is COC(=O)c1ccc(NC(=O)c2cc3c(n(CC4CCCCC4)c2=O)CCCCCC3)cc1. The molecule has 0 spiro atoms. The highest BCUT2D eigenvalue weighted by atomic mass is 16.5. The zero-order chi connectivity index (χ0) is 23.2. The number of aromatic nitrogens is 1. The number of rotatable bonds is 5. The lowest BCUT2D eigenvalue weighted by Crippen LogP contribution is -2.35. The second-order valence-corrected chi connectivity index (χ2v) is 9.39. The van der Waals surface area contributed by atoms with Crippen LogP contribution < -0.4 is 10.9 Å². The number of aryl methyl sites for hydroxylation is 1. The van der Waals surface area contributed by atoms with E-state index in [0.717, 1.165) is 56.3 Å². The van der Waals surface area contributed by atoms with E-state index in [2.05, 4.69) is 5.32 Å². The Hall–Kier alpha value is -2.89. The van der Waals surface area contributed by atoms with Gasteiger partial charge in [-0.3, -0.25) is 9.59 Å². The molecule has 0 atom stereocenters. The third kappa shape index (κ3) is 5.55. The summed E-state index contributed by atoms with van der Waals surface area (Å²) in [4.78, 5) is 38.4. The van der Waals surface area contributed by atoms with Crippen LogP contribution in [0.4, 0.5) is 5.69 Å². The molecule has 6 nitrogen and oxygen atoms in total. The van der Waals surface area contributed by atoms with E-state index in [4.69, 9.17) is 4.74 Å². The first-order valence-electron chi connectivity index (χ1n) is 12.3. The number of hydrogen-bond donors (Lipinski definition) is 1. The number of nitrogens with zero attached hydrogens (tertiary/aromatic N) is 1. The van der Waals surface area contributed by atoms with Crippen LogP contribution in [0.15, 0.2) is 35.1 Å². The van der Waals surface area contributed by atoms with Gasteiger partial charge in [0.2, 0.25) is 0 Å². The molecule has 2 aliphatic carbocycles. The Morgan fingerprint density at radius 1 is 0.970 bits per heavy atom. The van der Waals surface area contributed by atoms with Gasteiger partial charge in [0.15, 0.2) is 0 Å². The van der Waals surface area contributed by atoms with Gasteiger partial charge in [0.1, 0.15) is 5.56 Å². The molecule has 0 bridgehead atoms. The Labute approximate surface area is 195 Å². The largest absolute Gasteiger partial charge is 0.465 e. The van der Waals surface area contributed by atoms with Crippen molar-refractivity contribution in [1.82, 2.24) is 4.57 Å². The van der Waals surface area contributed by atoms with Crippen molar-refractivity contribution in [2.75, 3.05) is 12.4 Å². The third-order valence-electron chi connectivity index (χ3n) is 7.07. The summed E-state index contributed by atoms with van der Waals surface area (Å²) in [6, 6.07) is 8.34. The molecule has 1 amide bonds. The maximum atomic E-state index is 13.6. The number of hydrogen-bond acceptors (Lipinski definition) is 4. The molecule has 1 heterocycles. The first kappa shape index (κ1) is 23.3. The third-order valence-corrected chi connectivity index (χ3v) is 7.07. The molecule has 0 radical (unpaired) electrons. The number of esters is 1. The predicted molar refractivity (Wildman–Crippen MR) is 129 cm³/mol. The highest BCUT2D eigenvalue weighted by Crippen LogP contribution is 2.27. The summed E-state index contributed by atoms with van der Waals surface area (Å²) in [5.41, 5.74) is 3.27. The van der Waals surface area contributed by atoms with Crippen molar-refractivity contribution < 1.29 is 14.3 Å². The van der Waals surface area contributed by atoms with Crippen molar-refractivity contribution in [2.24, 2.45) is 5.92 Å². The smallest absolute Gasteiger partial charge is 0.337 e. The van der Waals surface area contributed by atoms with Gasteiger partial charge in [0, 0.05) is 17.9 Å². The first-order valence-corrected chi connectivity index (χ1v) is 12.3. The molecular formula is C27H34N2O4. The molecule has 4 rings (SSSR count). The van der Waals surface area contributed by atoms with Crippen LogP contribution in [0.5, 0.6) is 0 Å². The number of carbonyl (C=O) groups excluding carboxylic acids is 2. The van der Waals surface area contributed by atoms with E-state index in [1.54, 1.807) is 24.3 Å². The fraction of sp³-hybridized carbons (Fsp3) is 0.519. The van der Waals surface area contributed by atoms with Crippen LogP contribution in [-0.2, 0) is 24.1 Å². The van der Waals surface area contributed by atoms with Crippen molar-refractivity contribution >= 4 is 17.6 Å². The highest BCUT2D eigenvalue weighted by Gasteiger charge is 2.23. The minimum atomic E-state index is -0.430. The van der Waals surface area contributed by atoms with E-state index in [-0.39, 0.29) is 11.1 Å². The highest BCUT2D eigenvalue weighted by molar-refractivity contribution is 6.04. The first-order chi connectivity index (χ1) is 16.1. The van der Waals surface area contributed by atoms with E-state index in [9.17, 15) is 14.4 Å². The number of nitrogens with one attached hydrogen (secondary N) is 1. The number of anilines is 1. The summed E-state index contributed by atoms with van der Waals surface area (Å²) in [5, 5.41) is 2.84. The van der Waals surface area contributed by atoms with Gasteiger partial charge in [-0.2, -0.15) is 0 Å².